The Kier molecular flexibility index (Phi) is 3.73. The molecule has 3 rings (SSSR count). The molecule has 0 aliphatic carbocycles. The molecule has 22 heavy (non-hydrogen) atoms. The number of nitrogens with one attached hydrogen (secondary N) is 1. The van der Waals surface area contributed by atoms with Crippen molar-refractivity contribution in [1.29, 1.82) is 0 Å². The molecule has 114 valence electrons. The van der Waals surface area contributed by atoms with Gasteiger partial charge in [0.25, 0.3) is 5.91 Å². The Morgan fingerprint density at radius 2 is 2.09 bits per heavy atom. The fourth-order valence-corrected chi connectivity index (χ4v) is 2.32. The summed E-state index contributed by atoms with van der Waals surface area (Å²) in [6.45, 7) is 1.79. The van der Waals surface area contributed by atoms with Crippen LogP contribution in [0.4, 0.5) is 0 Å². The van der Waals surface area contributed by atoms with Gasteiger partial charge in [-0.15, -0.1) is 0 Å². The van der Waals surface area contributed by atoms with E-state index in [-0.39, 0.29) is 11.6 Å². The summed E-state index contributed by atoms with van der Waals surface area (Å²) in [5, 5.41) is 0. The highest BCUT2D eigenvalue weighted by atomic mass is 16.3. The lowest BCUT2D eigenvalue weighted by molar-refractivity contribution is -0.119. The van der Waals surface area contributed by atoms with Gasteiger partial charge in [0.1, 0.15) is 11.5 Å². The van der Waals surface area contributed by atoms with Crippen molar-refractivity contribution in [2.45, 2.75) is 0 Å². The summed E-state index contributed by atoms with van der Waals surface area (Å²) >= 11 is 0. The Morgan fingerprint density at radius 3 is 2.73 bits per heavy atom. The van der Waals surface area contributed by atoms with Crippen molar-refractivity contribution in [1.82, 2.24) is 19.8 Å². The molecule has 8 heteroatoms. The van der Waals surface area contributed by atoms with Gasteiger partial charge < -0.3 is 19.2 Å². The van der Waals surface area contributed by atoms with Crippen LogP contribution < -0.4 is 5.69 Å². The summed E-state index contributed by atoms with van der Waals surface area (Å²) < 4.78 is 5.22. The Bertz CT molecular complexity index is 730. The van der Waals surface area contributed by atoms with Crippen molar-refractivity contribution >= 4 is 12.3 Å². The molecule has 0 saturated carbocycles. The summed E-state index contributed by atoms with van der Waals surface area (Å²) in [5.74, 6) is 0.128. The number of piperazine rings is 1. The minimum absolute atomic E-state index is 0.0645. The van der Waals surface area contributed by atoms with Crippen molar-refractivity contribution in [2.24, 2.45) is 0 Å². The maximum absolute atomic E-state index is 12.4. The van der Waals surface area contributed by atoms with Gasteiger partial charge in [0, 0.05) is 26.2 Å². The fourth-order valence-electron chi connectivity index (χ4n) is 2.32. The van der Waals surface area contributed by atoms with E-state index in [1.807, 2.05) is 0 Å². The fraction of sp³-hybridized carbons (Fsp3) is 0.286. The van der Waals surface area contributed by atoms with Gasteiger partial charge in [0.2, 0.25) is 6.41 Å². The molecule has 0 bridgehead atoms. The van der Waals surface area contributed by atoms with E-state index in [1.165, 1.54) is 12.3 Å². The number of H-pyrrole nitrogens is 1. The number of rotatable bonds is 3. The number of hydrogen-bond acceptors (Lipinski definition) is 5. The van der Waals surface area contributed by atoms with Crippen LogP contribution in [0.1, 0.15) is 10.5 Å². The Hall–Kier alpha value is -2.90. The lowest BCUT2D eigenvalue weighted by atomic mass is 10.2. The molecular formula is C14H14N4O4. The third kappa shape index (κ3) is 2.76. The minimum atomic E-state index is -0.608. The first kappa shape index (κ1) is 14.1. The molecule has 0 radical (unpaired) electrons. The van der Waals surface area contributed by atoms with Gasteiger partial charge in [-0.1, -0.05) is 0 Å². The Labute approximate surface area is 125 Å². The summed E-state index contributed by atoms with van der Waals surface area (Å²) in [7, 11) is 0. The third-order valence-corrected chi connectivity index (χ3v) is 3.50. The zero-order valence-corrected chi connectivity index (χ0v) is 11.7. The smallest absolute Gasteiger partial charge is 0.346 e. The molecule has 2 aromatic heterocycles. The number of carbonyl (C=O) groups excluding carboxylic acids is 2. The number of carbonyl (C=O) groups is 2. The van der Waals surface area contributed by atoms with Crippen molar-refractivity contribution in [3.8, 4) is 11.5 Å². The molecule has 0 unspecified atom stereocenters. The van der Waals surface area contributed by atoms with Gasteiger partial charge in [-0.25, -0.2) is 4.79 Å². The number of nitrogens with zero attached hydrogens (tertiary/aromatic N) is 3. The highest BCUT2D eigenvalue weighted by Gasteiger charge is 2.23. The predicted molar refractivity (Wildman–Crippen MR) is 76.1 cm³/mol. The molecule has 3 heterocycles. The molecule has 8 nitrogen and oxygen atoms in total. The molecule has 2 aromatic rings. The standard InChI is InChI=1S/C14H14N4O4/c19-9-17-3-5-18(6-4-17)13(20)11-8-10(15-14(21)16-11)12-2-1-7-22-12/h1-2,7-9H,3-6H2,(H,15,16,21). The van der Waals surface area contributed by atoms with Crippen LogP contribution in [-0.4, -0.2) is 58.3 Å². The average molecular weight is 302 g/mol. The maximum atomic E-state index is 12.4. The van der Waals surface area contributed by atoms with Crippen LogP contribution in [0.2, 0.25) is 0 Å². The molecule has 0 aromatic carbocycles. The SMILES string of the molecule is O=CN1CCN(C(=O)c2cc(-c3ccco3)[nH]c(=O)n2)CC1. The first-order chi connectivity index (χ1) is 10.7. The molecular weight excluding hydrogens is 288 g/mol. The van der Waals surface area contributed by atoms with E-state index in [1.54, 1.807) is 21.9 Å². The monoisotopic (exact) mass is 302 g/mol. The molecule has 1 aliphatic heterocycles. The summed E-state index contributed by atoms with van der Waals surface area (Å²) in [5.41, 5.74) is -0.140. The van der Waals surface area contributed by atoms with Crippen LogP contribution in [-0.2, 0) is 4.79 Å². The second-order valence-electron chi connectivity index (χ2n) is 4.90. The van der Waals surface area contributed by atoms with Crippen molar-refractivity contribution < 1.29 is 14.0 Å². The molecule has 1 saturated heterocycles. The minimum Gasteiger partial charge on any atom is -0.463 e. The second-order valence-corrected chi connectivity index (χ2v) is 4.90. The first-order valence-corrected chi connectivity index (χ1v) is 6.81. The predicted octanol–water partition coefficient (Wildman–Crippen LogP) is -0.0559. The third-order valence-electron chi connectivity index (χ3n) is 3.50. The van der Waals surface area contributed by atoms with Crippen LogP contribution >= 0.6 is 0 Å². The largest absolute Gasteiger partial charge is 0.463 e. The van der Waals surface area contributed by atoms with Gasteiger partial charge in [-0.3, -0.25) is 9.59 Å². The topological polar surface area (TPSA) is 99.5 Å². The van der Waals surface area contributed by atoms with Crippen molar-refractivity contribution in [3.05, 3.63) is 40.6 Å². The van der Waals surface area contributed by atoms with Crippen LogP contribution in [0.3, 0.4) is 0 Å². The zero-order chi connectivity index (χ0) is 15.5. The Morgan fingerprint density at radius 1 is 1.32 bits per heavy atom. The zero-order valence-electron chi connectivity index (χ0n) is 11.7. The van der Waals surface area contributed by atoms with E-state index in [2.05, 4.69) is 9.97 Å². The molecule has 1 N–H and O–H groups in total. The first-order valence-electron chi connectivity index (χ1n) is 6.81. The second kappa shape index (κ2) is 5.84. The van der Waals surface area contributed by atoms with E-state index >= 15 is 0 Å². The summed E-state index contributed by atoms with van der Waals surface area (Å²) in [4.78, 5) is 44.2. The molecule has 2 amide bonds. The van der Waals surface area contributed by atoms with Gasteiger partial charge in [-0.2, -0.15) is 4.98 Å². The number of hydrogen-bond donors (Lipinski definition) is 1. The average Bonchev–Trinajstić information content (AvgIpc) is 3.08. The molecule has 1 aliphatic rings. The van der Waals surface area contributed by atoms with Crippen LogP contribution in [0.5, 0.6) is 0 Å². The van der Waals surface area contributed by atoms with E-state index in [9.17, 15) is 14.4 Å². The van der Waals surface area contributed by atoms with Crippen LogP contribution in [0.15, 0.2) is 33.7 Å². The van der Waals surface area contributed by atoms with Crippen molar-refractivity contribution in [2.75, 3.05) is 26.2 Å². The van der Waals surface area contributed by atoms with Gasteiger partial charge in [0.05, 0.1) is 12.0 Å². The molecule has 1 fully saturated rings. The Balaban J connectivity index is 1.84. The van der Waals surface area contributed by atoms with Gasteiger partial charge in [0.15, 0.2) is 0 Å². The molecule has 0 spiro atoms. The number of aromatic nitrogens is 2. The number of furan rings is 1. The van der Waals surface area contributed by atoms with Crippen LogP contribution in [0.25, 0.3) is 11.5 Å². The maximum Gasteiger partial charge on any atom is 0.346 e. The van der Waals surface area contributed by atoms with Crippen molar-refractivity contribution in [3.63, 3.8) is 0 Å². The highest BCUT2D eigenvalue weighted by molar-refractivity contribution is 5.93. The van der Waals surface area contributed by atoms with E-state index in [4.69, 9.17) is 4.42 Å². The van der Waals surface area contributed by atoms with Gasteiger partial charge in [-0.05, 0) is 18.2 Å². The van der Waals surface area contributed by atoms with E-state index < -0.39 is 5.69 Å². The molecule has 0 atom stereocenters. The van der Waals surface area contributed by atoms with E-state index in [0.29, 0.717) is 37.6 Å². The normalized spacial score (nSPS) is 14.9. The highest BCUT2D eigenvalue weighted by Crippen LogP contribution is 2.17. The summed E-state index contributed by atoms with van der Waals surface area (Å²) in [6.07, 6.45) is 2.25. The van der Waals surface area contributed by atoms with Gasteiger partial charge >= 0.3 is 5.69 Å². The lowest BCUT2D eigenvalue weighted by Crippen LogP contribution is -2.48. The lowest BCUT2D eigenvalue weighted by Gasteiger charge is -2.32. The van der Waals surface area contributed by atoms with Crippen LogP contribution in [0, 0.1) is 0 Å². The van der Waals surface area contributed by atoms with E-state index in [0.717, 1.165) is 6.41 Å². The number of aromatic amines is 1. The quantitative estimate of drug-likeness (QED) is 0.801. The number of amides is 2. The summed E-state index contributed by atoms with van der Waals surface area (Å²) in [6, 6.07) is 4.87.